The van der Waals surface area contributed by atoms with Crippen LogP contribution in [0.5, 0.6) is 0 Å². The third kappa shape index (κ3) is 56.2. The average Bonchev–Trinajstić information content (AvgIpc) is 3.38. The molecule has 6 heteroatoms. The van der Waals surface area contributed by atoms with Gasteiger partial charge in [-0.1, -0.05) is 256 Å². The summed E-state index contributed by atoms with van der Waals surface area (Å²) in [6.45, 7) is 6.31. The van der Waals surface area contributed by atoms with E-state index in [0.29, 0.717) is 19.3 Å². The summed E-state index contributed by atoms with van der Waals surface area (Å²) in [5.74, 6) is -0.990. The van der Waals surface area contributed by atoms with Gasteiger partial charge < -0.3 is 14.2 Å². The maximum Gasteiger partial charge on any atom is 0.306 e. The van der Waals surface area contributed by atoms with E-state index in [-0.39, 0.29) is 31.1 Å². The van der Waals surface area contributed by atoms with Crippen LogP contribution in [0.4, 0.5) is 0 Å². The van der Waals surface area contributed by atoms with Crippen LogP contribution in [0.1, 0.15) is 233 Å². The minimum Gasteiger partial charge on any atom is -0.462 e. The maximum absolute atomic E-state index is 12.9. The summed E-state index contributed by atoms with van der Waals surface area (Å²) >= 11 is 0. The minimum absolute atomic E-state index is 0.113. The highest BCUT2D eigenvalue weighted by atomic mass is 16.6. The number of esters is 3. The largest absolute Gasteiger partial charge is 0.462 e. The lowest BCUT2D eigenvalue weighted by Gasteiger charge is -2.18. The van der Waals surface area contributed by atoms with E-state index in [9.17, 15) is 14.4 Å². The number of ether oxygens (including phenoxy) is 3. The lowest BCUT2D eigenvalue weighted by atomic mass is 10.1. The summed E-state index contributed by atoms with van der Waals surface area (Å²) in [5, 5.41) is 0. The van der Waals surface area contributed by atoms with Crippen molar-refractivity contribution in [2.24, 2.45) is 0 Å². The van der Waals surface area contributed by atoms with Gasteiger partial charge in [-0.05, 0) is 103 Å². The molecule has 0 aromatic rings. The quantitative estimate of drug-likeness (QED) is 0.0199. The normalized spacial score (nSPS) is 13.2. The molecule has 0 radical (unpaired) electrons. The van der Waals surface area contributed by atoms with E-state index in [0.717, 1.165) is 128 Å². The third-order valence-corrected chi connectivity index (χ3v) is 11.7. The number of hydrogen-bond acceptors (Lipinski definition) is 6. The van der Waals surface area contributed by atoms with Crippen molar-refractivity contribution in [3.8, 4) is 0 Å². The predicted molar refractivity (Wildman–Crippen MR) is 311 cm³/mol. The second-order valence-electron chi connectivity index (χ2n) is 18.6. The fourth-order valence-electron chi connectivity index (χ4n) is 7.45. The van der Waals surface area contributed by atoms with Gasteiger partial charge in [0.05, 0.1) is 0 Å². The van der Waals surface area contributed by atoms with Gasteiger partial charge in [-0.3, -0.25) is 14.4 Å². The summed E-state index contributed by atoms with van der Waals surface area (Å²) in [5.41, 5.74) is 0. The highest BCUT2D eigenvalue weighted by molar-refractivity contribution is 5.71. The fraction of sp³-hybridized carbons (Fsp3) is 0.591. The van der Waals surface area contributed by atoms with Gasteiger partial charge in [0.1, 0.15) is 13.2 Å². The van der Waals surface area contributed by atoms with Crippen molar-refractivity contribution in [3.63, 3.8) is 0 Å². The zero-order chi connectivity index (χ0) is 52.2. The average molecular weight is 994 g/mol. The Morgan fingerprint density at radius 2 is 0.611 bits per heavy atom. The van der Waals surface area contributed by atoms with E-state index in [1.165, 1.54) is 64.2 Å². The molecule has 0 aromatic carbocycles. The minimum atomic E-state index is -0.819. The van der Waals surface area contributed by atoms with Gasteiger partial charge in [-0.2, -0.15) is 0 Å². The Bertz CT molecular complexity index is 1610. The Hall–Kier alpha value is -4.71. The number of unbranched alkanes of at least 4 members (excludes halogenated alkanes) is 21. The van der Waals surface area contributed by atoms with Crippen molar-refractivity contribution in [2.75, 3.05) is 13.2 Å². The summed E-state index contributed by atoms with van der Waals surface area (Å²) in [7, 11) is 0. The van der Waals surface area contributed by atoms with Gasteiger partial charge >= 0.3 is 17.9 Å². The van der Waals surface area contributed by atoms with Crippen LogP contribution in [0.25, 0.3) is 0 Å². The standard InChI is InChI=1S/C66H104O6/c1-4-7-10-13-16-19-22-25-28-31-33-36-38-41-44-47-50-53-56-59-65(68)71-62-63(61-70-64(67)58-55-52-49-46-43-40-37-34-30-27-24-21-18-15-12-9-6-3)72-66(69)60-57-54-51-48-45-42-39-35-32-29-26-23-20-17-14-11-8-5-2/h7,9-10,12,15-16,18-19,21,24-25,27-30,32-37,39-40,43,63H,4-6,8,11,13-14,17,20,22-23,26,31,38,41-42,44-62H2,1-3H3/b10-7-,12-9-,18-15-,19-16-,24-21-,28-25-,30-27-,32-29-,36-33-,37-34+,39-35-,43-40-. The molecule has 1 unspecified atom stereocenters. The Kier molecular flexibility index (Phi) is 55.0. The van der Waals surface area contributed by atoms with Crippen LogP contribution >= 0.6 is 0 Å². The van der Waals surface area contributed by atoms with Crippen molar-refractivity contribution < 1.29 is 28.6 Å². The molecule has 0 aliphatic carbocycles. The Morgan fingerprint density at radius 1 is 0.306 bits per heavy atom. The molecule has 1 atom stereocenters. The first kappa shape index (κ1) is 67.3. The molecule has 0 saturated heterocycles. The number of carbonyl (C=O) groups excluding carboxylic acids is 3. The van der Waals surface area contributed by atoms with Crippen molar-refractivity contribution in [1.82, 2.24) is 0 Å². The number of rotatable bonds is 50. The van der Waals surface area contributed by atoms with Crippen molar-refractivity contribution in [3.05, 3.63) is 146 Å². The first-order chi connectivity index (χ1) is 35.5. The van der Waals surface area contributed by atoms with Crippen LogP contribution < -0.4 is 0 Å². The second-order valence-corrected chi connectivity index (χ2v) is 18.6. The smallest absolute Gasteiger partial charge is 0.306 e. The first-order valence-corrected chi connectivity index (χ1v) is 28.9. The summed E-state index contributed by atoms with van der Waals surface area (Å²) in [4.78, 5) is 38.2. The van der Waals surface area contributed by atoms with Gasteiger partial charge in [0, 0.05) is 19.3 Å². The molecule has 0 heterocycles. The van der Waals surface area contributed by atoms with E-state index in [1.807, 2.05) is 60.8 Å². The van der Waals surface area contributed by atoms with Crippen LogP contribution in [0.2, 0.25) is 0 Å². The van der Waals surface area contributed by atoms with E-state index in [4.69, 9.17) is 14.2 Å². The van der Waals surface area contributed by atoms with Gasteiger partial charge in [0.15, 0.2) is 6.10 Å². The summed E-state index contributed by atoms with van der Waals surface area (Å²) in [6.07, 6.45) is 84.0. The Balaban J connectivity index is 4.56. The van der Waals surface area contributed by atoms with Gasteiger partial charge in [-0.25, -0.2) is 0 Å². The van der Waals surface area contributed by atoms with Crippen LogP contribution in [0.3, 0.4) is 0 Å². The van der Waals surface area contributed by atoms with Gasteiger partial charge in [0.2, 0.25) is 0 Å². The topological polar surface area (TPSA) is 78.9 Å². The van der Waals surface area contributed by atoms with Gasteiger partial charge in [-0.15, -0.1) is 0 Å². The lowest BCUT2D eigenvalue weighted by molar-refractivity contribution is -0.167. The molecular formula is C66H104O6. The van der Waals surface area contributed by atoms with Crippen molar-refractivity contribution in [1.29, 1.82) is 0 Å². The Labute approximate surface area is 442 Å². The zero-order valence-electron chi connectivity index (χ0n) is 46.1. The zero-order valence-corrected chi connectivity index (χ0v) is 46.1. The number of hydrogen-bond donors (Lipinski definition) is 0. The SMILES string of the molecule is CC\C=C/C=C\C=C/C=C\C=C\C=C/CCCCCC(=O)OCC(COC(=O)CCCCCCCC/C=C\C/C=C\C/C=C\C/C=C\CC)OC(=O)CCCCCCC/C=C\C=C/CCCCCCCCC. The molecule has 0 fully saturated rings. The summed E-state index contributed by atoms with van der Waals surface area (Å²) < 4.78 is 16.8. The predicted octanol–water partition coefficient (Wildman–Crippen LogP) is 19.6. The molecule has 72 heavy (non-hydrogen) atoms. The van der Waals surface area contributed by atoms with Crippen LogP contribution in [0, 0.1) is 0 Å². The molecule has 0 spiro atoms. The van der Waals surface area contributed by atoms with Crippen LogP contribution in [-0.4, -0.2) is 37.2 Å². The Morgan fingerprint density at radius 3 is 1.04 bits per heavy atom. The second kappa shape index (κ2) is 58.9. The molecule has 0 bridgehead atoms. The molecule has 0 amide bonds. The molecule has 6 nitrogen and oxygen atoms in total. The molecular weight excluding hydrogens is 889 g/mol. The van der Waals surface area contributed by atoms with E-state index in [2.05, 4.69) is 106 Å². The maximum atomic E-state index is 12.9. The fourth-order valence-corrected chi connectivity index (χ4v) is 7.45. The summed E-state index contributed by atoms with van der Waals surface area (Å²) in [6, 6.07) is 0. The lowest BCUT2D eigenvalue weighted by Crippen LogP contribution is -2.30. The van der Waals surface area contributed by atoms with Crippen LogP contribution in [-0.2, 0) is 28.6 Å². The van der Waals surface area contributed by atoms with E-state index < -0.39 is 6.10 Å². The first-order valence-electron chi connectivity index (χ1n) is 28.9. The van der Waals surface area contributed by atoms with E-state index in [1.54, 1.807) is 0 Å². The van der Waals surface area contributed by atoms with Crippen molar-refractivity contribution in [2.45, 2.75) is 239 Å². The molecule has 0 aliphatic rings. The van der Waals surface area contributed by atoms with Crippen molar-refractivity contribution >= 4 is 17.9 Å². The number of allylic oxidation sites excluding steroid dienone is 24. The highest BCUT2D eigenvalue weighted by Gasteiger charge is 2.19. The highest BCUT2D eigenvalue weighted by Crippen LogP contribution is 2.13. The monoisotopic (exact) mass is 993 g/mol. The van der Waals surface area contributed by atoms with Gasteiger partial charge in [0.25, 0.3) is 0 Å². The molecule has 0 aromatic heterocycles. The molecule has 0 saturated carbocycles. The molecule has 0 N–H and O–H groups in total. The van der Waals surface area contributed by atoms with E-state index >= 15 is 0 Å². The third-order valence-electron chi connectivity index (χ3n) is 11.7. The van der Waals surface area contributed by atoms with Crippen LogP contribution in [0.15, 0.2) is 146 Å². The molecule has 0 aliphatic heterocycles. The molecule has 404 valence electrons. The number of carbonyl (C=O) groups is 3. The molecule has 0 rings (SSSR count).